The number of allylic oxidation sites excluding steroid dienone is 5. The van der Waals surface area contributed by atoms with E-state index in [1.165, 1.54) is 205 Å². The summed E-state index contributed by atoms with van der Waals surface area (Å²) in [6.07, 6.45) is 56.1. The summed E-state index contributed by atoms with van der Waals surface area (Å²) in [7, 11) is 0. The van der Waals surface area contributed by atoms with Gasteiger partial charge in [-0.05, 0) is 57.8 Å². The average Bonchev–Trinajstić information content (AvgIpc) is 3.45. The van der Waals surface area contributed by atoms with Crippen molar-refractivity contribution in [1.82, 2.24) is 5.32 Å². The van der Waals surface area contributed by atoms with Crippen LogP contribution in [0.5, 0.6) is 0 Å². The summed E-state index contributed by atoms with van der Waals surface area (Å²) < 4.78 is 17.7. The number of amides is 1. The fourth-order valence-corrected chi connectivity index (χ4v) is 10.5. The van der Waals surface area contributed by atoms with E-state index in [1.54, 1.807) is 6.08 Å². The van der Waals surface area contributed by atoms with Crippen molar-refractivity contribution < 1.29 is 49.3 Å². The molecule has 0 saturated carbocycles. The van der Waals surface area contributed by atoms with E-state index in [1.807, 2.05) is 6.08 Å². The lowest BCUT2D eigenvalue weighted by Crippen LogP contribution is -2.61. The molecule has 458 valence electrons. The minimum atomic E-state index is -1.61. The van der Waals surface area contributed by atoms with Gasteiger partial charge in [-0.1, -0.05) is 288 Å². The van der Waals surface area contributed by atoms with Gasteiger partial charge in [-0.2, -0.15) is 0 Å². The highest BCUT2D eigenvalue weighted by molar-refractivity contribution is 5.80. The van der Waals surface area contributed by atoms with Gasteiger partial charge in [0.15, 0.2) is 12.4 Å². The number of carbonyl (C=O) groups is 2. The predicted octanol–water partition coefficient (Wildman–Crippen LogP) is 16.2. The minimum Gasteiger partial charge on any atom is -0.454 e. The molecule has 0 aromatic heterocycles. The molecule has 0 bridgehead atoms. The molecule has 1 fully saturated rings. The number of aliphatic hydroxyl groups excluding tert-OH is 5. The Labute approximate surface area is 479 Å². The Morgan fingerprint density at radius 3 is 1.33 bits per heavy atom. The average molecular weight is 1100 g/mol. The highest BCUT2D eigenvalue weighted by atomic mass is 16.7. The largest absolute Gasteiger partial charge is 0.454 e. The Kier molecular flexibility index (Phi) is 52.5. The number of hydrogen-bond acceptors (Lipinski definition) is 10. The Morgan fingerprint density at radius 1 is 0.500 bits per heavy atom. The molecule has 0 aliphatic carbocycles. The van der Waals surface area contributed by atoms with Crippen molar-refractivity contribution in [3.63, 3.8) is 0 Å². The zero-order valence-electron chi connectivity index (χ0n) is 50.8. The second-order valence-electron chi connectivity index (χ2n) is 23.2. The molecule has 0 radical (unpaired) electrons. The molecule has 0 spiro atoms. The van der Waals surface area contributed by atoms with Crippen LogP contribution in [0.1, 0.15) is 316 Å². The van der Waals surface area contributed by atoms with Gasteiger partial charge in [0.2, 0.25) is 5.91 Å². The standard InChI is InChI=1S/C67H125NO10/c1-4-7-10-13-16-19-22-25-27-29-30-31-32-33-35-37-40-43-46-49-52-55-62(72)78-65-64(74)63(73)61(56-69)77-67(65)76-57-58(59(70)53-50-47-44-41-38-24-21-18-15-12-9-6-3)68-66(75)60(71)54-51-48-45-42-39-36-34-28-26-23-20-17-14-11-8-5-2/h16,19,25,27,50,53,58-61,63-65,67,69-71,73-74H,4-15,17-18,20-24,26,28-49,51-52,54-57H2,1-3H3,(H,68,75)/b19-16-,27-25-,53-50+. The van der Waals surface area contributed by atoms with E-state index in [0.717, 1.165) is 64.2 Å². The number of aliphatic hydroxyl groups is 5. The van der Waals surface area contributed by atoms with Crippen LogP contribution in [-0.2, 0) is 23.8 Å². The fourth-order valence-electron chi connectivity index (χ4n) is 10.5. The summed E-state index contributed by atoms with van der Waals surface area (Å²) in [5, 5.41) is 57.1. The molecule has 1 rings (SSSR count). The van der Waals surface area contributed by atoms with Crippen molar-refractivity contribution in [2.75, 3.05) is 13.2 Å². The van der Waals surface area contributed by atoms with Gasteiger partial charge in [-0.25, -0.2) is 0 Å². The number of nitrogens with one attached hydrogen (secondary N) is 1. The zero-order valence-corrected chi connectivity index (χ0v) is 50.8. The first-order valence-corrected chi connectivity index (χ1v) is 33.3. The molecule has 1 amide bonds. The first-order chi connectivity index (χ1) is 38.2. The third-order valence-electron chi connectivity index (χ3n) is 15.8. The third kappa shape index (κ3) is 42.7. The molecule has 6 N–H and O–H groups in total. The van der Waals surface area contributed by atoms with Crippen LogP contribution in [-0.4, -0.2) is 99.6 Å². The highest BCUT2D eigenvalue weighted by Gasteiger charge is 2.47. The molecule has 0 aromatic rings. The van der Waals surface area contributed by atoms with Gasteiger partial charge >= 0.3 is 5.97 Å². The minimum absolute atomic E-state index is 0.124. The molecule has 1 heterocycles. The van der Waals surface area contributed by atoms with Crippen molar-refractivity contribution in [1.29, 1.82) is 0 Å². The van der Waals surface area contributed by atoms with Crippen LogP contribution >= 0.6 is 0 Å². The summed E-state index contributed by atoms with van der Waals surface area (Å²) in [6.45, 7) is 5.80. The summed E-state index contributed by atoms with van der Waals surface area (Å²) in [6, 6.07) is -1.02. The topological polar surface area (TPSA) is 175 Å². The van der Waals surface area contributed by atoms with E-state index in [2.05, 4.69) is 50.4 Å². The Hall–Kier alpha value is -2.12. The number of carbonyl (C=O) groups excluding carboxylic acids is 2. The molecular formula is C67H125NO10. The maximum absolute atomic E-state index is 13.4. The van der Waals surface area contributed by atoms with Crippen LogP contribution in [0.4, 0.5) is 0 Å². The van der Waals surface area contributed by atoms with Crippen molar-refractivity contribution in [3.8, 4) is 0 Å². The van der Waals surface area contributed by atoms with Crippen molar-refractivity contribution in [3.05, 3.63) is 36.5 Å². The summed E-state index contributed by atoms with van der Waals surface area (Å²) >= 11 is 0. The normalized spacial score (nSPS) is 19.1. The SMILES string of the molecule is CCCCC/C=C\C/C=C\CCCCCCCCCCCCCC(=O)OC1C(OCC(NC(=O)C(O)CCCCCCCCCCCCCCCCCC)C(O)/C=C/CCCCCCCCCCCC)OC(CO)C(O)C1O. The van der Waals surface area contributed by atoms with Crippen molar-refractivity contribution in [2.24, 2.45) is 0 Å². The monoisotopic (exact) mass is 1100 g/mol. The molecule has 11 nitrogen and oxygen atoms in total. The summed E-state index contributed by atoms with van der Waals surface area (Å²) in [4.78, 5) is 26.6. The van der Waals surface area contributed by atoms with Crippen molar-refractivity contribution >= 4 is 11.9 Å². The van der Waals surface area contributed by atoms with Gasteiger partial charge in [-0.3, -0.25) is 9.59 Å². The number of ether oxygens (including phenoxy) is 3. The quantitative estimate of drug-likeness (QED) is 0.0195. The molecule has 1 saturated heterocycles. The van der Waals surface area contributed by atoms with Crippen LogP contribution in [0.3, 0.4) is 0 Å². The lowest BCUT2D eigenvalue weighted by molar-refractivity contribution is -0.305. The molecule has 78 heavy (non-hydrogen) atoms. The first kappa shape index (κ1) is 73.9. The molecule has 11 heteroatoms. The van der Waals surface area contributed by atoms with E-state index < -0.39 is 67.4 Å². The maximum atomic E-state index is 13.4. The number of rotatable bonds is 57. The van der Waals surface area contributed by atoms with E-state index >= 15 is 0 Å². The molecule has 8 atom stereocenters. The Balaban J connectivity index is 2.62. The second-order valence-corrected chi connectivity index (χ2v) is 23.2. The van der Waals surface area contributed by atoms with E-state index in [9.17, 15) is 35.1 Å². The van der Waals surface area contributed by atoms with Gasteiger partial charge in [0, 0.05) is 6.42 Å². The first-order valence-electron chi connectivity index (χ1n) is 33.3. The van der Waals surface area contributed by atoms with E-state index in [4.69, 9.17) is 14.2 Å². The zero-order chi connectivity index (χ0) is 56.8. The second kappa shape index (κ2) is 55.4. The van der Waals surface area contributed by atoms with Gasteiger partial charge in [0.25, 0.3) is 0 Å². The molecular weight excluding hydrogens is 979 g/mol. The van der Waals surface area contributed by atoms with Gasteiger partial charge < -0.3 is 45.1 Å². The van der Waals surface area contributed by atoms with E-state index in [-0.39, 0.29) is 13.0 Å². The lowest BCUT2D eigenvalue weighted by atomic mass is 9.99. The number of unbranched alkanes of at least 4 members (excludes halogenated alkanes) is 39. The lowest BCUT2D eigenvalue weighted by Gasteiger charge is -2.41. The third-order valence-corrected chi connectivity index (χ3v) is 15.8. The van der Waals surface area contributed by atoms with Crippen LogP contribution in [0.15, 0.2) is 36.5 Å². The van der Waals surface area contributed by atoms with Gasteiger partial charge in [0.1, 0.15) is 24.4 Å². The fraction of sp³-hybridized carbons (Fsp3) is 0.881. The number of esters is 1. The molecule has 1 aliphatic heterocycles. The molecule has 8 unspecified atom stereocenters. The summed E-state index contributed by atoms with van der Waals surface area (Å²) in [5.74, 6) is -1.18. The van der Waals surface area contributed by atoms with Crippen LogP contribution in [0, 0.1) is 0 Å². The smallest absolute Gasteiger partial charge is 0.306 e. The summed E-state index contributed by atoms with van der Waals surface area (Å²) in [5.41, 5.74) is 0. The van der Waals surface area contributed by atoms with Gasteiger partial charge in [-0.15, -0.1) is 0 Å². The number of hydrogen-bond donors (Lipinski definition) is 6. The maximum Gasteiger partial charge on any atom is 0.306 e. The van der Waals surface area contributed by atoms with Crippen LogP contribution < -0.4 is 5.32 Å². The molecule has 0 aromatic carbocycles. The Morgan fingerprint density at radius 2 is 0.885 bits per heavy atom. The van der Waals surface area contributed by atoms with E-state index in [0.29, 0.717) is 19.3 Å². The van der Waals surface area contributed by atoms with Crippen LogP contribution in [0.2, 0.25) is 0 Å². The molecule has 1 aliphatic rings. The highest BCUT2D eigenvalue weighted by Crippen LogP contribution is 2.26. The predicted molar refractivity (Wildman–Crippen MR) is 324 cm³/mol. The Bertz CT molecular complexity index is 1410. The van der Waals surface area contributed by atoms with Gasteiger partial charge in [0.05, 0.1) is 25.4 Å². The van der Waals surface area contributed by atoms with Crippen molar-refractivity contribution in [2.45, 2.75) is 365 Å². The van der Waals surface area contributed by atoms with Crippen LogP contribution in [0.25, 0.3) is 0 Å².